The molecule has 0 radical (unpaired) electrons. The third-order valence-corrected chi connectivity index (χ3v) is 2.84. The van der Waals surface area contributed by atoms with Crippen LogP contribution in [0.25, 0.3) is 5.69 Å². The minimum atomic E-state index is 0.922. The molecule has 3 rings (SSSR count). The smallest absolute Gasteiger partial charge is 0.128 e. The molecule has 0 unspecified atom stereocenters. The van der Waals surface area contributed by atoms with Crippen molar-refractivity contribution in [1.82, 2.24) is 14.9 Å². The number of benzene rings is 1. The molecule has 4 nitrogen and oxygen atoms in total. The van der Waals surface area contributed by atoms with Gasteiger partial charge in [-0.3, -0.25) is 4.99 Å². The Morgan fingerprint density at radius 2 is 2.06 bits per heavy atom. The first-order chi connectivity index (χ1) is 8.43. The van der Waals surface area contributed by atoms with Crippen LogP contribution in [0.3, 0.4) is 0 Å². The molecular weight excluding hydrogens is 212 g/mol. The molecule has 2 heterocycles. The van der Waals surface area contributed by atoms with Crippen LogP contribution >= 0.6 is 0 Å². The topological polar surface area (TPSA) is 42.2 Å². The van der Waals surface area contributed by atoms with Crippen molar-refractivity contribution in [3.63, 3.8) is 0 Å². The van der Waals surface area contributed by atoms with Gasteiger partial charge >= 0.3 is 0 Å². The summed E-state index contributed by atoms with van der Waals surface area (Å²) in [5, 5.41) is 3.32. The molecule has 2 aromatic rings. The minimum absolute atomic E-state index is 0.922. The van der Waals surface area contributed by atoms with Gasteiger partial charge in [0.1, 0.15) is 5.84 Å². The van der Waals surface area contributed by atoms with E-state index in [1.165, 1.54) is 0 Å². The number of imidazole rings is 1. The van der Waals surface area contributed by atoms with Crippen molar-refractivity contribution in [3.8, 4) is 5.69 Å². The maximum Gasteiger partial charge on any atom is 0.128 e. The number of nitrogens with zero attached hydrogens (tertiary/aromatic N) is 3. The van der Waals surface area contributed by atoms with E-state index in [0.29, 0.717) is 0 Å². The Balaban J connectivity index is 1.87. The van der Waals surface area contributed by atoms with Crippen molar-refractivity contribution in [2.24, 2.45) is 4.99 Å². The maximum absolute atomic E-state index is 4.48. The van der Waals surface area contributed by atoms with Gasteiger partial charge in [0.2, 0.25) is 0 Å². The lowest BCUT2D eigenvalue weighted by molar-refractivity contribution is 0.742. The van der Waals surface area contributed by atoms with Gasteiger partial charge in [0.25, 0.3) is 0 Å². The highest BCUT2D eigenvalue weighted by atomic mass is 15.0. The molecule has 0 atom stereocenters. The third-order valence-electron chi connectivity index (χ3n) is 2.84. The van der Waals surface area contributed by atoms with Crippen LogP contribution in [-0.2, 0) is 0 Å². The van der Waals surface area contributed by atoms with E-state index in [4.69, 9.17) is 0 Å². The monoisotopic (exact) mass is 226 g/mol. The van der Waals surface area contributed by atoms with Crippen molar-refractivity contribution < 1.29 is 0 Å². The Morgan fingerprint density at radius 1 is 1.18 bits per heavy atom. The SMILES string of the molecule is c1cn(-c2ccc(C3=NCCCN3)cc2)cn1. The first-order valence-corrected chi connectivity index (χ1v) is 5.80. The molecule has 0 aliphatic carbocycles. The van der Waals surface area contributed by atoms with Crippen molar-refractivity contribution in [3.05, 3.63) is 48.5 Å². The molecule has 1 aromatic heterocycles. The highest BCUT2D eigenvalue weighted by Crippen LogP contribution is 2.10. The molecule has 1 aliphatic rings. The van der Waals surface area contributed by atoms with E-state index in [0.717, 1.165) is 36.6 Å². The summed E-state index contributed by atoms with van der Waals surface area (Å²) < 4.78 is 1.99. The number of aliphatic imine (C=N–C) groups is 1. The highest BCUT2D eigenvalue weighted by molar-refractivity contribution is 5.99. The van der Waals surface area contributed by atoms with Crippen molar-refractivity contribution >= 4 is 5.84 Å². The molecule has 1 aromatic carbocycles. The molecule has 1 N–H and O–H groups in total. The summed E-state index contributed by atoms with van der Waals surface area (Å²) in [5.74, 6) is 1.01. The Morgan fingerprint density at radius 3 is 2.71 bits per heavy atom. The lowest BCUT2D eigenvalue weighted by Gasteiger charge is -2.14. The van der Waals surface area contributed by atoms with E-state index >= 15 is 0 Å². The zero-order valence-electron chi connectivity index (χ0n) is 9.50. The fourth-order valence-electron chi connectivity index (χ4n) is 1.93. The first-order valence-electron chi connectivity index (χ1n) is 5.80. The number of amidine groups is 1. The van der Waals surface area contributed by atoms with Crippen LogP contribution in [0.5, 0.6) is 0 Å². The number of rotatable bonds is 2. The van der Waals surface area contributed by atoms with Crippen LogP contribution in [0.15, 0.2) is 48.0 Å². The van der Waals surface area contributed by atoms with Crippen LogP contribution in [0.4, 0.5) is 0 Å². The predicted octanol–water partition coefficient (Wildman–Crippen LogP) is 1.61. The van der Waals surface area contributed by atoms with E-state index < -0.39 is 0 Å². The number of hydrogen-bond acceptors (Lipinski definition) is 3. The summed E-state index contributed by atoms with van der Waals surface area (Å²) >= 11 is 0. The molecule has 4 heteroatoms. The first kappa shape index (κ1) is 10.1. The van der Waals surface area contributed by atoms with Gasteiger partial charge < -0.3 is 9.88 Å². The second kappa shape index (κ2) is 4.41. The predicted molar refractivity (Wildman–Crippen MR) is 67.6 cm³/mol. The largest absolute Gasteiger partial charge is 0.370 e. The van der Waals surface area contributed by atoms with Gasteiger partial charge in [-0.1, -0.05) is 0 Å². The average Bonchev–Trinajstić information content (AvgIpc) is 2.94. The second-order valence-electron chi connectivity index (χ2n) is 4.03. The van der Waals surface area contributed by atoms with Crippen LogP contribution in [-0.4, -0.2) is 28.5 Å². The quantitative estimate of drug-likeness (QED) is 0.845. The third kappa shape index (κ3) is 2.06. The van der Waals surface area contributed by atoms with E-state index in [1.54, 1.807) is 12.5 Å². The highest BCUT2D eigenvalue weighted by Gasteiger charge is 2.06. The van der Waals surface area contributed by atoms with Gasteiger partial charge in [-0.05, 0) is 30.7 Å². The molecule has 86 valence electrons. The summed E-state index contributed by atoms with van der Waals surface area (Å²) in [6.07, 6.45) is 6.63. The van der Waals surface area contributed by atoms with Gasteiger partial charge in [0, 0.05) is 36.7 Å². The molecule has 0 spiro atoms. The van der Waals surface area contributed by atoms with E-state index in [2.05, 4.69) is 39.6 Å². The van der Waals surface area contributed by atoms with Crippen molar-refractivity contribution in [1.29, 1.82) is 0 Å². The van der Waals surface area contributed by atoms with E-state index in [9.17, 15) is 0 Å². The summed E-state index contributed by atoms with van der Waals surface area (Å²) in [7, 11) is 0. The Kier molecular flexibility index (Phi) is 2.62. The summed E-state index contributed by atoms with van der Waals surface area (Å²) in [4.78, 5) is 8.52. The lowest BCUT2D eigenvalue weighted by atomic mass is 10.1. The molecule has 0 fully saturated rings. The van der Waals surface area contributed by atoms with Gasteiger partial charge in [-0.25, -0.2) is 4.98 Å². The molecular formula is C13H14N4. The normalized spacial score (nSPS) is 15.2. The van der Waals surface area contributed by atoms with Gasteiger partial charge in [-0.2, -0.15) is 0 Å². The zero-order chi connectivity index (χ0) is 11.5. The Labute approximate surface area is 100 Å². The number of aromatic nitrogens is 2. The molecule has 0 bridgehead atoms. The van der Waals surface area contributed by atoms with Crippen molar-refractivity contribution in [2.75, 3.05) is 13.1 Å². The fraction of sp³-hybridized carbons (Fsp3) is 0.231. The maximum atomic E-state index is 4.48. The van der Waals surface area contributed by atoms with Crippen molar-refractivity contribution in [2.45, 2.75) is 6.42 Å². The van der Waals surface area contributed by atoms with Crippen LogP contribution in [0, 0.1) is 0 Å². The standard InChI is InChI=1S/C13H14N4/c1-6-15-13(16-7-1)11-2-4-12(5-3-11)17-9-8-14-10-17/h2-5,8-10H,1,6-7H2,(H,15,16). The molecule has 1 aliphatic heterocycles. The van der Waals surface area contributed by atoms with E-state index in [1.807, 2.05) is 10.8 Å². The summed E-state index contributed by atoms with van der Waals surface area (Å²) in [5.41, 5.74) is 2.26. The molecule has 0 amide bonds. The second-order valence-corrected chi connectivity index (χ2v) is 4.03. The van der Waals surface area contributed by atoms with E-state index in [-0.39, 0.29) is 0 Å². The summed E-state index contributed by atoms with van der Waals surface area (Å²) in [6, 6.07) is 8.34. The molecule has 0 saturated carbocycles. The number of hydrogen-bond donors (Lipinski definition) is 1. The van der Waals surface area contributed by atoms with Crippen LogP contribution < -0.4 is 5.32 Å². The fourth-order valence-corrected chi connectivity index (χ4v) is 1.93. The Bertz CT molecular complexity index is 511. The van der Waals surface area contributed by atoms with Gasteiger partial charge in [-0.15, -0.1) is 0 Å². The van der Waals surface area contributed by atoms with Gasteiger partial charge in [0.15, 0.2) is 0 Å². The lowest BCUT2D eigenvalue weighted by Crippen LogP contribution is -2.30. The molecule has 0 saturated heterocycles. The Hall–Kier alpha value is -2.10. The molecule has 17 heavy (non-hydrogen) atoms. The van der Waals surface area contributed by atoms with Crippen LogP contribution in [0.2, 0.25) is 0 Å². The minimum Gasteiger partial charge on any atom is -0.370 e. The number of nitrogens with one attached hydrogen (secondary N) is 1. The van der Waals surface area contributed by atoms with Gasteiger partial charge in [0.05, 0.1) is 6.33 Å². The summed E-state index contributed by atoms with van der Waals surface area (Å²) in [6.45, 7) is 1.94. The average molecular weight is 226 g/mol. The zero-order valence-corrected chi connectivity index (χ0v) is 9.50. The van der Waals surface area contributed by atoms with Crippen LogP contribution in [0.1, 0.15) is 12.0 Å².